The number of hydrogen-bond donors (Lipinski definition) is 1. The smallest absolute Gasteiger partial charge is 0.0414 e. The Labute approximate surface area is 58.4 Å². The quantitative estimate of drug-likeness (QED) is 0.581. The minimum absolute atomic E-state index is 0. The molecule has 0 unspecified atom stereocenters. The van der Waals surface area contributed by atoms with Crippen LogP contribution in [0.3, 0.4) is 0 Å². The van der Waals surface area contributed by atoms with Gasteiger partial charge in [-0.3, -0.25) is 0 Å². The Hall–Kier alpha value is -0.0400. The molecule has 1 rings (SSSR count). The number of hydrogen-bond acceptors (Lipinski definition) is 1. The maximum Gasteiger partial charge on any atom is -0.0414 e. The first-order valence-corrected chi connectivity index (χ1v) is 3.93. The van der Waals surface area contributed by atoms with Crippen LogP contribution in [-0.4, -0.2) is 0 Å². The number of unbranched alkanes of at least 4 members (excludes halogenated alkanes) is 2. The molecular formula is C8H19N. The Kier molecular flexibility index (Phi) is 4.78. The zero-order chi connectivity index (χ0) is 5.82. The summed E-state index contributed by atoms with van der Waals surface area (Å²) in [6.45, 7) is 2.27. The van der Waals surface area contributed by atoms with Gasteiger partial charge in [0.2, 0.25) is 0 Å². The summed E-state index contributed by atoms with van der Waals surface area (Å²) in [6.07, 6.45) is 8.91. The fourth-order valence-electron chi connectivity index (χ4n) is 1.09. The van der Waals surface area contributed by atoms with Crippen molar-refractivity contribution < 1.29 is 0 Å². The minimum Gasteiger partial charge on any atom is -0.344 e. The maximum absolute atomic E-state index is 2.27. The molecule has 0 aromatic carbocycles. The van der Waals surface area contributed by atoms with Gasteiger partial charge in [-0.2, -0.15) is 0 Å². The zero-order valence-corrected chi connectivity index (χ0v) is 6.53. The second-order valence-corrected chi connectivity index (χ2v) is 2.94. The van der Waals surface area contributed by atoms with Gasteiger partial charge in [0.05, 0.1) is 0 Å². The Morgan fingerprint density at radius 3 is 2.33 bits per heavy atom. The summed E-state index contributed by atoms with van der Waals surface area (Å²) < 4.78 is 0. The van der Waals surface area contributed by atoms with E-state index in [9.17, 15) is 0 Å². The van der Waals surface area contributed by atoms with Gasteiger partial charge >= 0.3 is 0 Å². The van der Waals surface area contributed by atoms with Crippen LogP contribution in [0, 0.1) is 5.92 Å². The van der Waals surface area contributed by atoms with E-state index in [2.05, 4.69) is 6.92 Å². The third-order valence-electron chi connectivity index (χ3n) is 1.91. The highest BCUT2D eigenvalue weighted by molar-refractivity contribution is 4.72. The van der Waals surface area contributed by atoms with E-state index in [1.54, 1.807) is 0 Å². The van der Waals surface area contributed by atoms with E-state index in [1.165, 1.54) is 38.5 Å². The second-order valence-electron chi connectivity index (χ2n) is 2.94. The Bertz CT molecular complexity index is 57.6. The summed E-state index contributed by atoms with van der Waals surface area (Å²) in [5, 5.41) is 0. The zero-order valence-electron chi connectivity index (χ0n) is 6.53. The van der Waals surface area contributed by atoms with Gasteiger partial charge in [0, 0.05) is 0 Å². The molecule has 0 bridgehead atoms. The van der Waals surface area contributed by atoms with E-state index in [-0.39, 0.29) is 6.15 Å². The monoisotopic (exact) mass is 129 g/mol. The van der Waals surface area contributed by atoms with Crippen LogP contribution < -0.4 is 6.15 Å². The summed E-state index contributed by atoms with van der Waals surface area (Å²) in [7, 11) is 0. The average molecular weight is 129 g/mol. The Balaban J connectivity index is 0.000000640. The van der Waals surface area contributed by atoms with Crippen LogP contribution in [0.15, 0.2) is 0 Å². The van der Waals surface area contributed by atoms with Gasteiger partial charge in [-0.25, -0.2) is 0 Å². The summed E-state index contributed by atoms with van der Waals surface area (Å²) in [4.78, 5) is 0. The summed E-state index contributed by atoms with van der Waals surface area (Å²) in [5.41, 5.74) is 0. The fraction of sp³-hybridized carbons (Fsp3) is 1.00. The molecule has 0 heterocycles. The molecule has 0 radical (unpaired) electrons. The molecule has 1 aliphatic rings. The third-order valence-corrected chi connectivity index (χ3v) is 1.91. The first-order chi connectivity index (χ1) is 3.93. The molecule has 1 saturated carbocycles. The van der Waals surface area contributed by atoms with Crippen molar-refractivity contribution in [2.75, 3.05) is 0 Å². The van der Waals surface area contributed by atoms with E-state index in [4.69, 9.17) is 0 Å². The van der Waals surface area contributed by atoms with Crippen LogP contribution >= 0.6 is 0 Å². The lowest BCUT2D eigenvalue weighted by Crippen LogP contribution is -1.75. The van der Waals surface area contributed by atoms with Gasteiger partial charge in [0.25, 0.3) is 0 Å². The molecule has 0 amide bonds. The molecule has 1 aliphatic carbocycles. The van der Waals surface area contributed by atoms with Gasteiger partial charge < -0.3 is 6.15 Å². The van der Waals surface area contributed by atoms with Crippen molar-refractivity contribution in [1.29, 1.82) is 0 Å². The van der Waals surface area contributed by atoms with E-state index < -0.39 is 0 Å². The highest BCUT2D eigenvalue weighted by atomic mass is 14.2. The highest BCUT2D eigenvalue weighted by Crippen LogP contribution is 2.33. The lowest BCUT2D eigenvalue weighted by molar-refractivity contribution is 0.620. The Morgan fingerprint density at radius 2 is 1.89 bits per heavy atom. The molecule has 0 saturated heterocycles. The number of rotatable bonds is 4. The normalized spacial score (nSPS) is 17.0. The van der Waals surface area contributed by atoms with E-state index in [0.717, 1.165) is 5.92 Å². The molecule has 56 valence electrons. The van der Waals surface area contributed by atoms with Gasteiger partial charge in [0.15, 0.2) is 0 Å². The van der Waals surface area contributed by atoms with Crippen LogP contribution in [0.4, 0.5) is 0 Å². The van der Waals surface area contributed by atoms with Crippen LogP contribution in [-0.2, 0) is 0 Å². The molecule has 3 N–H and O–H groups in total. The van der Waals surface area contributed by atoms with Crippen molar-refractivity contribution in [3.63, 3.8) is 0 Å². The largest absolute Gasteiger partial charge is 0.344 e. The van der Waals surface area contributed by atoms with Crippen molar-refractivity contribution in [2.45, 2.75) is 45.4 Å². The molecule has 9 heavy (non-hydrogen) atoms. The average Bonchev–Trinajstić information content (AvgIpc) is 2.51. The lowest BCUT2D eigenvalue weighted by Gasteiger charge is -1.92. The molecule has 0 aromatic rings. The van der Waals surface area contributed by atoms with E-state index >= 15 is 0 Å². The Morgan fingerprint density at radius 1 is 1.22 bits per heavy atom. The first kappa shape index (κ1) is 8.96. The fourth-order valence-corrected chi connectivity index (χ4v) is 1.09. The van der Waals surface area contributed by atoms with Gasteiger partial charge in [-0.15, -0.1) is 0 Å². The molecule has 0 atom stereocenters. The van der Waals surface area contributed by atoms with Crippen LogP contribution in [0.5, 0.6) is 0 Å². The van der Waals surface area contributed by atoms with Gasteiger partial charge in [-0.1, -0.05) is 45.4 Å². The van der Waals surface area contributed by atoms with E-state index in [1.807, 2.05) is 0 Å². The topological polar surface area (TPSA) is 35.0 Å². The highest BCUT2D eigenvalue weighted by Gasteiger charge is 2.19. The molecule has 1 heteroatoms. The van der Waals surface area contributed by atoms with Crippen LogP contribution in [0.25, 0.3) is 0 Å². The van der Waals surface area contributed by atoms with Crippen LogP contribution in [0.2, 0.25) is 0 Å². The molecule has 1 nitrogen and oxygen atoms in total. The lowest BCUT2D eigenvalue weighted by atomic mass is 10.1. The maximum atomic E-state index is 2.27. The standard InChI is InChI=1S/C8H16.H3N/c1-2-3-4-5-8-6-7-8;/h8H,2-7H2,1H3;1H3. The van der Waals surface area contributed by atoms with Crippen LogP contribution in [0.1, 0.15) is 45.4 Å². The molecule has 0 spiro atoms. The molecule has 0 aliphatic heterocycles. The van der Waals surface area contributed by atoms with E-state index in [0.29, 0.717) is 0 Å². The third kappa shape index (κ3) is 4.46. The first-order valence-electron chi connectivity index (χ1n) is 3.93. The SMILES string of the molecule is CCCCCC1CC1.N. The summed E-state index contributed by atoms with van der Waals surface area (Å²) in [5.74, 6) is 1.15. The van der Waals surface area contributed by atoms with Gasteiger partial charge in [0.1, 0.15) is 0 Å². The van der Waals surface area contributed by atoms with Gasteiger partial charge in [-0.05, 0) is 5.92 Å². The van der Waals surface area contributed by atoms with Crippen molar-refractivity contribution in [1.82, 2.24) is 6.15 Å². The molecule has 0 aromatic heterocycles. The predicted molar refractivity (Wildman–Crippen MR) is 41.9 cm³/mol. The van der Waals surface area contributed by atoms with Crippen molar-refractivity contribution >= 4 is 0 Å². The molecule has 1 fully saturated rings. The van der Waals surface area contributed by atoms with Crippen molar-refractivity contribution in [3.05, 3.63) is 0 Å². The summed E-state index contributed by atoms with van der Waals surface area (Å²) >= 11 is 0. The van der Waals surface area contributed by atoms with Crippen molar-refractivity contribution in [2.24, 2.45) is 5.92 Å². The minimum atomic E-state index is 0. The van der Waals surface area contributed by atoms with Crippen molar-refractivity contribution in [3.8, 4) is 0 Å². The predicted octanol–water partition coefficient (Wildman–Crippen LogP) is 3.14. The second kappa shape index (κ2) is 4.80. The molecular weight excluding hydrogens is 110 g/mol. The summed E-state index contributed by atoms with van der Waals surface area (Å²) in [6, 6.07) is 0.